The molecule has 4 rings (SSSR count). The van der Waals surface area contributed by atoms with Crippen molar-refractivity contribution in [3.05, 3.63) is 47.6 Å². The number of nitrogens with zero attached hydrogens (tertiary/aromatic N) is 3. The molecule has 3 unspecified atom stereocenters. The van der Waals surface area contributed by atoms with Gasteiger partial charge in [0, 0.05) is 63.2 Å². The molecule has 0 aliphatic carbocycles. The summed E-state index contributed by atoms with van der Waals surface area (Å²) < 4.78 is 0. The van der Waals surface area contributed by atoms with E-state index in [1.54, 1.807) is 0 Å². The lowest BCUT2D eigenvalue weighted by atomic mass is 10.0. The number of likely N-dealkylation sites (N-methyl/N-ethyl adjacent to an activating group) is 1. The van der Waals surface area contributed by atoms with Gasteiger partial charge in [0.25, 0.3) is 0 Å². The third kappa shape index (κ3) is 9.63. The summed E-state index contributed by atoms with van der Waals surface area (Å²) >= 11 is 0. The number of benzene rings is 1. The van der Waals surface area contributed by atoms with Crippen molar-refractivity contribution in [3.8, 4) is 0 Å². The fourth-order valence-corrected chi connectivity index (χ4v) is 6.74. The molecule has 0 radical (unpaired) electrons. The molecule has 3 aliphatic heterocycles. The molecule has 0 aromatic heterocycles. The maximum atomic E-state index is 10.2. The SMILES string of the molecule is C=CCC.CCC1=C(NCC(C)(C)O)NC(Nc2ccc(N3CCC(N4CCN(C)CC4)CC3)c(C)c2)C(N)P1. The van der Waals surface area contributed by atoms with Gasteiger partial charge in [0.15, 0.2) is 0 Å². The third-order valence-electron chi connectivity index (χ3n) is 8.02. The lowest BCUT2D eigenvalue weighted by Gasteiger charge is -2.43. The highest BCUT2D eigenvalue weighted by Crippen LogP contribution is 2.37. The smallest absolute Gasteiger partial charge is 0.117 e. The topological polar surface area (TPSA) is 92.1 Å². The van der Waals surface area contributed by atoms with E-state index in [2.05, 4.69) is 83.2 Å². The fraction of sp³-hybridized carbons (Fsp3) is 0.677. The number of piperazine rings is 1. The van der Waals surface area contributed by atoms with Crippen LogP contribution in [0.4, 0.5) is 11.4 Å². The number of piperidine rings is 1. The van der Waals surface area contributed by atoms with Crippen LogP contribution in [0.15, 0.2) is 42.0 Å². The Kier molecular flexibility index (Phi) is 12.6. The third-order valence-corrected chi connectivity index (χ3v) is 9.64. The van der Waals surface area contributed by atoms with Crippen molar-refractivity contribution in [2.45, 2.75) is 83.9 Å². The van der Waals surface area contributed by atoms with Crippen LogP contribution >= 0.6 is 8.58 Å². The highest BCUT2D eigenvalue weighted by atomic mass is 31.1. The van der Waals surface area contributed by atoms with Crippen LogP contribution in [0.5, 0.6) is 0 Å². The number of aliphatic hydroxyl groups is 1. The van der Waals surface area contributed by atoms with Gasteiger partial charge in [0.1, 0.15) is 12.0 Å². The summed E-state index contributed by atoms with van der Waals surface area (Å²) in [6.07, 6.45) is 6.33. The summed E-state index contributed by atoms with van der Waals surface area (Å²) in [5.74, 6) is 1.01. The van der Waals surface area contributed by atoms with Gasteiger partial charge in [0.05, 0.1) is 11.4 Å². The summed E-state index contributed by atoms with van der Waals surface area (Å²) in [5, 5.41) is 22.1. The molecule has 0 bridgehead atoms. The molecule has 0 spiro atoms. The van der Waals surface area contributed by atoms with Gasteiger partial charge >= 0.3 is 0 Å². The van der Waals surface area contributed by atoms with Gasteiger partial charge < -0.3 is 36.6 Å². The van der Waals surface area contributed by atoms with E-state index in [0.29, 0.717) is 15.1 Å². The predicted molar refractivity (Wildman–Crippen MR) is 174 cm³/mol. The van der Waals surface area contributed by atoms with Gasteiger partial charge in [-0.1, -0.05) is 28.5 Å². The molecule has 6 N–H and O–H groups in total. The first-order chi connectivity index (χ1) is 19.0. The van der Waals surface area contributed by atoms with Gasteiger partial charge in [-0.2, -0.15) is 0 Å². The second-order valence-electron chi connectivity index (χ2n) is 12.1. The number of anilines is 2. The van der Waals surface area contributed by atoms with E-state index in [9.17, 15) is 5.11 Å². The van der Waals surface area contributed by atoms with Gasteiger partial charge in [-0.25, -0.2) is 0 Å². The van der Waals surface area contributed by atoms with Crippen molar-refractivity contribution in [1.29, 1.82) is 0 Å². The lowest BCUT2D eigenvalue weighted by Crippen LogP contribution is -2.53. The standard InChI is InChI=1S/C27H48N7OP.C4H8/c1-6-23-25(29-18-27(3,4)35)31-26(24(28)36-23)30-20-7-8-22(19(2)17-20)34-11-9-21(10-12-34)33-15-13-32(5)14-16-33;1-3-4-2/h7-8,17,21,24,26,29-31,35-36H,6,9-16,18,28H2,1-5H3;3H,1,4H2,2H3. The summed E-state index contributed by atoms with van der Waals surface area (Å²) in [6.45, 7) is 21.1. The molecule has 40 heavy (non-hydrogen) atoms. The van der Waals surface area contributed by atoms with E-state index in [1.807, 2.05) is 19.9 Å². The Morgan fingerprint density at radius 1 is 1.15 bits per heavy atom. The van der Waals surface area contributed by atoms with Crippen LogP contribution in [-0.2, 0) is 0 Å². The van der Waals surface area contributed by atoms with E-state index in [4.69, 9.17) is 5.73 Å². The molecule has 3 aliphatic rings. The predicted octanol–water partition coefficient (Wildman–Crippen LogP) is 4.04. The number of aryl methyl sites for hydroxylation is 1. The van der Waals surface area contributed by atoms with Crippen LogP contribution in [0.3, 0.4) is 0 Å². The zero-order chi connectivity index (χ0) is 29.3. The monoisotopic (exact) mass is 573 g/mol. The number of hydrogen-bond donors (Lipinski definition) is 5. The quantitative estimate of drug-likeness (QED) is 0.223. The minimum absolute atomic E-state index is 0.00113. The molecule has 0 amide bonds. The maximum absolute atomic E-state index is 10.2. The van der Waals surface area contributed by atoms with Crippen LogP contribution in [0.2, 0.25) is 0 Å². The van der Waals surface area contributed by atoms with Gasteiger partial charge in [0.2, 0.25) is 0 Å². The van der Waals surface area contributed by atoms with Crippen molar-refractivity contribution >= 4 is 20.0 Å². The minimum atomic E-state index is -0.773. The van der Waals surface area contributed by atoms with Gasteiger partial charge in [-0.3, -0.25) is 4.90 Å². The van der Waals surface area contributed by atoms with E-state index in [0.717, 1.165) is 43.5 Å². The van der Waals surface area contributed by atoms with Crippen LogP contribution in [0.1, 0.15) is 58.9 Å². The van der Waals surface area contributed by atoms with Crippen molar-refractivity contribution in [2.75, 3.05) is 63.1 Å². The Hall–Kier alpha value is -1.83. The number of rotatable bonds is 9. The average Bonchev–Trinajstić information content (AvgIpc) is 2.93. The molecule has 9 heteroatoms. The molecule has 3 heterocycles. The zero-order valence-electron chi connectivity index (χ0n) is 25.9. The van der Waals surface area contributed by atoms with E-state index in [-0.39, 0.29) is 11.9 Å². The Balaban J connectivity index is 0.00000103. The highest BCUT2D eigenvalue weighted by molar-refractivity contribution is 7.44. The number of hydrogen-bond acceptors (Lipinski definition) is 8. The van der Waals surface area contributed by atoms with E-state index >= 15 is 0 Å². The first kappa shape index (κ1) is 32.7. The minimum Gasteiger partial charge on any atom is -0.389 e. The number of allylic oxidation sites excluding steroid dienone is 2. The van der Waals surface area contributed by atoms with Crippen LogP contribution in [-0.4, -0.2) is 91.4 Å². The molecule has 1 aromatic carbocycles. The Morgan fingerprint density at radius 3 is 2.35 bits per heavy atom. The molecular formula is C31H56N7OP. The lowest BCUT2D eigenvalue weighted by molar-refractivity contribution is 0.0818. The summed E-state index contributed by atoms with van der Waals surface area (Å²) in [4.78, 5) is 7.71. The van der Waals surface area contributed by atoms with Crippen LogP contribution in [0.25, 0.3) is 0 Å². The molecule has 2 saturated heterocycles. The van der Waals surface area contributed by atoms with Crippen LogP contribution < -0.4 is 26.6 Å². The second-order valence-corrected chi connectivity index (χ2v) is 13.6. The summed E-state index contributed by atoms with van der Waals surface area (Å²) in [6, 6.07) is 7.44. The molecule has 1 aromatic rings. The summed E-state index contributed by atoms with van der Waals surface area (Å²) in [7, 11) is 2.77. The molecular weight excluding hydrogens is 517 g/mol. The van der Waals surface area contributed by atoms with Gasteiger partial charge in [-0.15, -0.1) is 6.58 Å². The Morgan fingerprint density at radius 2 is 1.80 bits per heavy atom. The molecule has 0 saturated carbocycles. The van der Waals surface area contributed by atoms with E-state index < -0.39 is 5.60 Å². The molecule has 8 nitrogen and oxygen atoms in total. The molecule has 3 atom stereocenters. The zero-order valence-corrected chi connectivity index (χ0v) is 26.9. The number of nitrogens with one attached hydrogen (secondary N) is 3. The summed E-state index contributed by atoms with van der Waals surface area (Å²) in [5.41, 5.74) is 9.53. The van der Waals surface area contributed by atoms with E-state index in [1.165, 1.54) is 55.6 Å². The Labute approximate surface area is 245 Å². The van der Waals surface area contributed by atoms with Crippen molar-refractivity contribution in [3.63, 3.8) is 0 Å². The van der Waals surface area contributed by atoms with Crippen molar-refractivity contribution < 1.29 is 5.11 Å². The highest BCUT2D eigenvalue weighted by Gasteiger charge is 2.29. The molecule has 2 fully saturated rings. The van der Waals surface area contributed by atoms with Gasteiger partial charge in [-0.05, 0) is 82.6 Å². The normalized spacial score (nSPS) is 23.9. The maximum Gasteiger partial charge on any atom is 0.117 e. The second kappa shape index (κ2) is 15.4. The molecule has 226 valence electrons. The van der Waals surface area contributed by atoms with Crippen molar-refractivity contribution in [2.24, 2.45) is 5.73 Å². The first-order valence-corrected chi connectivity index (χ1v) is 16.3. The largest absolute Gasteiger partial charge is 0.389 e. The fourth-order valence-electron chi connectivity index (χ4n) is 5.49. The van der Waals surface area contributed by atoms with Crippen molar-refractivity contribution in [1.82, 2.24) is 20.4 Å². The first-order valence-electron chi connectivity index (χ1n) is 15.2. The Bertz CT molecular complexity index is 963. The van der Waals surface area contributed by atoms with Crippen LogP contribution in [0, 0.1) is 6.92 Å². The average molecular weight is 574 g/mol. The number of nitrogens with two attached hydrogens (primary N) is 1.